The Morgan fingerprint density at radius 3 is 2.24 bits per heavy atom. The molecule has 0 spiro atoms. The predicted molar refractivity (Wildman–Crippen MR) is 84.8 cm³/mol. The maximum Gasteiger partial charge on any atom is 0.0896 e. The van der Waals surface area contributed by atoms with Gasteiger partial charge in [-0.1, -0.05) is 19.9 Å². The normalized spacial score (nSPS) is 10.8. The minimum absolute atomic E-state index is 0.441. The molecule has 0 radical (unpaired) electrons. The highest BCUT2D eigenvalue weighted by Crippen LogP contribution is 2.26. The summed E-state index contributed by atoms with van der Waals surface area (Å²) in [5.41, 5.74) is 5.11. The van der Waals surface area contributed by atoms with Crippen molar-refractivity contribution in [1.82, 2.24) is 15.0 Å². The molecule has 3 heterocycles. The summed E-state index contributed by atoms with van der Waals surface area (Å²) in [6, 6.07) is 14.1. The molecule has 0 N–H and O–H groups in total. The Balaban J connectivity index is 2.16. The zero-order chi connectivity index (χ0) is 14.7. The molecule has 0 saturated heterocycles. The van der Waals surface area contributed by atoms with Crippen molar-refractivity contribution in [2.75, 3.05) is 0 Å². The van der Waals surface area contributed by atoms with E-state index in [4.69, 9.17) is 4.98 Å². The molecule has 0 saturated carbocycles. The summed E-state index contributed by atoms with van der Waals surface area (Å²) in [7, 11) is 0. The molecule has 104 valence electrons. The van der Waals surface area contributed by atoms with Crippen molar-refractivity contribution >= 4 is 0 Å². The Bertz CT molecular complexity index is 664. The summed E-state index contributed by atoms with van der Waals surface area (Å²) >= 11 is 0. The molecule has 0 fully saturated rings. The summed E-state index contributed by atoms with van der Waals surface area (Å²) in [6.07, 6.45) is 5.38. The third-order valence-electron chi connectivity index (χ3n) is 3.42. The Morgan fingerprint density at radius 1 is 0.810 bits per heavy atom. The van der Waals surface area contributed by atoms with E-state index in [1.54, 1.807) is 18.6 Å². The molecule has 0 aliphatic rings. The van der Waals surface area contributed by atoms with Crippen LogP contribution in [0.25, 0.3) is 22.6 Å². The fourth-order valence-electron chi connectivity index (χ4n) is 2.20. The van der Waals surface area contributed by atoms with E-state index in [0.717, 1.165) is 22.6 Å². The van der Waals surface area contributed by atoms with E-state index in [1.165, 1.54) is 5.56 Å². The van der Waals surface area contributed by atoms with Gasteiger partial charge in [0.2, 0.25) is 0 Å². The average Bonchev–Trinajstić information content (AvgIpc) is 2.56. The molecule has 0 atom stereocenters. The van der Waals surface area contributed by atoms with Crippen LogP contribution in [0.3, 0.4) is 0 Å². The third-order valence-corrected chi connectivity index (χ3v) is 3.42. The number of hydrogen-bond acceptors (Lipinski definition) is 3. The molecule has 0 unspecified atom stereocenters. The van der Waals surface area contributed by atoms with E-state index in [2.05, 4.69) is 35.9 Å². The van der Waals surface area contributed by atoms with E-state index in [0.29, 0.717) is 5.92 Å². The van der Waals surface area contributed by atoms with E-state index in [9.17, 15) is 0 Å². The Morgan fingerprint density at radius 2 is 1.57 bits per heavy atom. The summed E-state index contributed by atoms with van der Waals surface area (Å²) in [5.74, 6) is 0.441. The van der Waals surface area contributed by atoms with Gasteiger partial charge >= 0.3 is 0 Å². The Hall–Kier alpha value is -2.55. The predicted octanol–water partition coefficient (Wildman–Crippen LogP) is 4.33. The molecule has 0 amide bonds. The highest BCUT2D eigenvalue weighted by atomic mass is 14.8. The van der Waals surface area contributed by atoms with E-state index in [-0.39, 0.29) is 0 Å². The van der Waals surface area contributed by atoms with Crippen LogP contribution < -0.4 is 0 Å². The van der Waals surface area contributed by atoms with Crippen molar-refractivity contribution in [2.24, 2.45) is 0 Å². The molecule has 0 aliphatic heterocycles. The van der Waals surface area contributed by atoms with Gasteiger partial charge in [-0.3, -0.25) is 9.97 Å². The smallest absolute Gasteiger partial charge is 0.0896 e. The summed E-state index contributed by atoms with van der Waals surface area (Å²) in [5, 5.41) is 0. The first-order chi connectivity index (χ1) is 10.2. The van der Waals surface area contributed by atoms with Gasteiger partial charge in [0.15, 0.2) is 0 Å². The third kappa shape index (κ3) is 2.97. The van der Waals surface area contributed by atoms with Crippen LogP contribution in [0, 0.1) is 0 Å². The minimum atomic E-state index is 0.441. The number of pyridine rings is 3. The first-order valence-electron chi connectivity index (χ1n) is 7.08. The largest absolute Gasteiger partial charge is 0.265 e. The molecule has 3 aromatic heterocycles. The first-order valence-corrected chi connectivity index (χ1v) is 7.08. The molecule has 3 nitrogen and oxygen atoms in total. The summed E-state index contributed by atoms with van der Waals surface area (Å²) in [4.78, 5) is 13.2. The van der Waals surface area contributed by atoms with Crippen molar-refractivity contribution in [3.05, 3.63) is 66.6 Å². The first kappa shape index (κ1) is 13.4. The lowest BCUT2D eigenvalue weighted by Crippen LogP contribution is -1.96. The quantitative estimate of drug-likeness (QED) is 0.714. The number of nitrogens with zero attached hydrogens (tertiary/aromatic N) is 3. The fraction of sp³-hybridized carbons (Fsp3) is 0.167. The molecule has 0 bridgehead atoms. The lowest BCUT2D eigenvalue weighted by atomic mass is 10.00. The van der Waals surface area contributed by atoms with Gasteiger partial charge in [-0.25, -0.2) is 4.98 Å². The second kappa shape index (κ2) is 5.83. The van der Waals surface area contributed by atoms with Gasteiger partial charge in [0.1, 0.15) is 0 Å². The van der Waals surface area contributed by atoms with Crippen LogP contribution in [-0.2, 0) is 0 Å². The van der Waals surface area contributed by atoms with E-state index in [1.807, 2.05) is 30.3 Å². The SMILES string of the molecule is CC(C)c1cc(-c2ccncc2)nc(-c2ccccn2)c1. The topological polar surface area (TPSA) is 38.7 Å². The van der Waals surface area contributed by atoms with Gasteiger partial charge in [0.25, 0.3) is 0 Å². The van der Waals surface area contributed by atoms with Crippen LogP contribution >= 0.6 is 0 Å². The van der Waals surface area contributed by atoms with Gasteiger partial charge in [0, 0.05) is 24.2 Å². The van der Waals surface area contributed by atoms with Crippen molar-refractivity contribution < 1.29 is 0 Å². The van der Waals surface area contributed by atoms with Gasteiger partial charge in [-0.05, 0) is 47.9 Å². The van der Waals surface area contributed by atoms with E-state index < -0.39 is 0 Å². The van der Waals surface area contributed by atoms with Gasteiger partial charge in [0.05, 0.1) is 17.1 Å². The van der Waals surface area contributed by atoms with E-state index >= 15 is 0 Å². The monoisotopic (exact) mass is 275 g/mol. The highest BCUT2D eigenvalue weighted by molar-refractivity contribution is 5.65. The van der Waals surface area contributed by atoms with Gasteiger partial charge in [-0.15, -0.1) is 0 Å². The molecule has 21 heavy (non-hydrogen) atoms. The maximum absolute atomic E-state index is 4.77. The summed E-state index contributed by atoms with van der Waals surface area (Å²) in [6.45, 7) is 4.38. The lowest BCUT2D eigenvalue weighted by molar-refractivity contribution is 0.864. The molecule has 3 rings (SSSR count). The van der Waals surface area contributed by atoms with Crippen LogP contribution in [0.5, 0.6) is 0 Å². The zero-order valence-electron chi connectivity index (χ0n) is 12.2. The fourth-order valence-corrected chi connectivity index (χ4v) is 2.20. The lowest BCUT2D eigenvalue weighted by Gasteiger charge is -2.11. The maximum atomic E-state index is 4.77. The Kier molecular flexibility index (Phi) is 3.73. The van der Waals surface area contributed by atoms with Crippen LogP contribution in [0.1, 0.15) is 25.3 Å². The average molecular weight is 275 g/mol. The molecule has 3 heteroatoms. The van der Waals surface area contributed by atoms with Crippen LogP contribution in [0.4, 0.5) is 0 Å². The second-order valence-electron chi connectivity index (χ2n) is 5.28. The van der Waals surface area contributed by atoms with Crippen LogP contribution in [-0.4, -0.2) is 15.0 Å². The van der Waals surface area contributed by atoms with Gasteiger partial charge in [-0.2, -0.15) is 0 Å². The van der Waals surface area contributed by atoms with Crippen molar-refractivity contribution in [1.29, 1.82) is 0 Å². The Labute approximate surface area is 124 Å². The van der Waals surface area contributed by atoms with Crippen LogP contribution in [0.15, 0.2) is 61.1 Å². The van der Waals surface area contributed by atoms with Crippen molar-refractivity contribution in [3.8, 4) is 22.6 Å². The highest BCUT2D eigenvalue weighted by Gasteiger charge is 2.09. The molecule has 3 aromatic rings. The second-order valence-corrected chi connectivity index (χ2v) is 5.28. The number of rotatable bonds is 3. The zero-order valence-corrected chi connectivity index (χ0v) is 12.2. The molecular weight excluding hydrogens is 258 g/mol. The number of aromatic nitrogens is 3. The van der Waals surface area contributed by atoms with Crippen molar-refractivity contribution in [3.63, 3.8) is 0 Å². The summed E-state index contributed by atoms with van der Waals surface area (Å²) < 4.78 is 0. The molecular formula is C18H17N3. The number of hydrogen-bond donors (Lipinski definition) is 0. The minimum Gasteiger partial charge on any atom is -0.265 e. The standard InChI is InChI=1S/C18H17N3/c1-13(2)15-11-17(14-6-9-19-10-7-14)21-18(12-15)16-5-3-4-8-20-16/h3-13H,1-2H3. The van der Waals surface area contributed by atoms with Crippen molar-refractivity contribution in [2.45, 2.75) is 19.8 Å². The molecule has 0 aliphatic carbocycles. The molecule has 0 aromatic carbocycles. The van der Waals surface area contributed by atoms with Gasteiger partial charge < -0.3 is 0 Å². The van der Waals surface area contributed by atoms with Crippen LogP contribution in [0.2, 0.25) is 0 Å².